The Hall–Kier alpha value is -0.900. The molecule has 2 aliphatic rings. The van der Waals surface area contributed by atoms with Gasteiger partial charge in [0.05, 0.1) is 6.10 Å². The highest BCUT2D eigenvalue weighted by Gasteiger charge is 2.40. The third-order valence-electron chi connectivity index (χ3n) is 5.33. The predicted molar refractivity (Wildman–Crippen MR) is 86.5 cm³/mol. The molecular formula is C18H28N2O. The van der Waals surface area contributed by atoms with E-state index in [9.17, 15) is 0 Å². The van der Waals surface area contributed by atoms with Crippen molar-refractivity contribution < 1.29 is 4.74 Å². The minimum absolute atomic E-state index is 0.143. The Balaban J connectivity index is 1.78. The molecule has 116 valence electrons. The standard InChI is InChI=1S/C18H28N2O/c1-2-21-17-8-5-11-20(13-17)18(14-19)10-9-15-6-3-4-7-16(15)12-18/h3-4,6-7,17H,2,5,8-14,19H2,1H3. The van der Waals surface area contributed by atoms with Crippen molar-refractivity contribution >= 4 is 0 Å². The van der Waals surface area contributed by atoms with Gasteiger partial charge in [-0.2, -0.15) is 0 Å². The van der Waals surface area contributed by atoms with Crippen molar-refractivity contribution in [2.75, 3.05) is 26.2 Å². The number of hydrogen-bond acceptors (Lipinski definition) is 3. The summed E-state index contributed by atoms with van der Waals surface area (Å²) < 4.78 is 5.88. The maximum absolute atomic E-state index is 6.26. The van der Waals surface area contributed by atoms with Crippen molar-refractivity contribution in [1.29, 1.82) is 0 Å². The molecule has 2 unspecified atom stereocenters. The van der Waals surface area contributed by atoms with E-state index in [1.54, 1.807) is 0 Å². The zero-order valence-corrected chi connectivity index (χ0v) is 13.2. The topological polar surface area (TPSA) is 38.5 Å². The molecule has 0 bridgehead atoms. The summed E-state index contributed by atoms with van der Waals surface area (Å²) in [7, 11) is 0. The third kappa shape index (κ3) is 3.01. The molecule has 0 aromatic heterocycles. The normalized spacial score (nSPS) is 30.1. The lowest BCUT2D eigenvalue weighted by molar-refractivity contribution is -0.0367. The van der Waals surface area contributed by atoms with Crippen LogP contribution in [-0.4, -0.2) is 42.8 Å². The largest absolute Gasteiger partial charge is 0.377 e. The van der Waals surface area contributed by atoms with E-state index in [1.165, 1.54) is 36.9 Å². The number of hydrogen-bond donors (Lipinski definition) is 1. The van der Waals surface area contributed by atoms with Crippen LogP contribution in [0.4, 0.5) is 0 Å². The van der Waals surface area contributed by atoms with Crippen molar-refractivity contribution in [3.63, 3.8) is 0 Å². The fourth-order valence-electron chi connectivity index (χ4n) is 4.10. The number of nitrogens with zero attached hydrogens (tertiary/aromatic N) is 1. The van der Waals surface area contributed by atoms with Crippen molar-refractivity contribution in [3.05, 3.63) is 35.4 Å². The second-order valence-electron chi connectivity index (χ2n) is 6.54. The van der Waals surface area contributed by atoms with E-state index in [4.69, 9.17) is 10.5 Å². The maximum atomic E-state index is 6.26. The van der Waals surface area contributed by atoms with Gasteiger partial charge in [0.1, 0.15) is 0 Å². The Morgan fingerprint density at radius 2 is 2.14 bits per heavy atom. The molecule has 0 amide bonds. The predicted octanol–water partition coefficient (Wildman–Crippen LogP) is 2.37. The van der Waals surface area contributed by atoms with Crippen molar-refractivity contribution in [1.82, 2.24) is 4.90 Å². The zero-order chi connectivity index (χ0) is 14.7. The first-order chi connectivity index (χ1) is 10.3. The maximum Gasteiger partial charge on any atom is 0.0702 e. The van der Waals surface area contributed by atoms with Crippen molar-refractivity contribution in [2.24, 2.45) is 5.73 Å². The van der Waals surface area contributed by atoms with Crippen molar-refractivity contribution in [2.45, 2.75) is 50.7 Å². The van der Waals surface area contributed by atoms with E-state index in [-0.39, 0.29) is 5.54 Å². The van der Waals surface area contributed by atoms with Gasteiger partial charge >= 0.3 is 0 Å². The SMILES string of the molecule is CCOC1CCCN(C2(CN)CCc3ccccc3C2)C1. The summed E-state index contributed by atoms with van der Waals surface area (Å²) >= 11 is 0. The summed E-state index contributed by atoms with van der Waals surface area (Å²) in [5, 5.41) is 0. The Morgan fingerprint density at radius 3 is 2.90 bits per heavy atom. The summed E-state index contributed by atoms with van der Waals surface area (Å²) in [6.45, 7) is 5.88. The highest BCUT2D eigenvalue weighted by atomic mass is 16.5. The molecule has 1 aliphatic carbocycles. The smallest absolute Gasteiger partial charge is 0.0702 e. The first-order valence-corrected chi connectivity index (χ1v) is 8.41. The first-order valence-electron chi connectivity index (χ1n) is 8.41. The van der Waals surface area contributed by atoms with Crippen LogP contribution in [0.15, 0.2) is 24.3 Å². The van der Waals surface area contributed by atoms with E-state index in [1.807, 2.05) is 0 Å². The van der Waals surface area contributed by atoms with Crippen LogP contribution in [0.5, 0.6) is 0 Å². The van der Waals surface area contributed by atoms with Gasteiger partial charge in [-0.25, -0.2) is 0 Å². The highest BCUT2D eigenvalue weighted by molar-refractivity contribution is 5.32. The van der Waals surface area contributed by atoms with Gasteiger partial charge in [-0.15, -0.1) is 0 Å². The Bertz CT molecular complexity index is 474. The van der Waals surface area contributed by atoms with Gasteiger partial charge in [0.25, 0.3) is 0 Å². The van der Waals surface area contributed by atoms with Gasteiger partial charge in [-0.3, -0.25) is 4.90 Å². The monoisotopic (exact) mass is 288 g/mol. The van der Waals surface area contributed by atoms with E-state index in [2.05, 4.69) is 36.1 Å². The Kier molecular flexibility index (Phi) is 4.63. The summed E-state index contributed by atoms with van der Waals surface area (Å²) in [4.78, 5) is 2.63. The molecule has 1 aromatic rings. The molecule has 1 fully saturated rings. The van der Waals surface area contributed by atoms with Gasteiger partial charge < -0.3 is 10.5 Å². The highest BCUT2D eigenvalue weighted by Crippen LogP contribution is 2.34. The molecule has 3 heteroatoms. The van der Waals surface area contributed by atoms with Crippen LogP contribution in [0.3, 0.4) is 0 Å². The van der Waals surface area contributed by atoms with E-state index in [0.717, 1.165) is 32.5 Å². The molecule has 2 atom stereocenters. The molecule has 1 heterocycles. The Morgan fingerprint density at radius 1 is 1.33 bits per heavy atom. The van der Waals surface area contributed by atoms with Gasteiger partial charge in [0.15, 0.2) is 0 Å². The number of fused-ring (bicyclic) bond motifs is 1. The fraction of sp³-hybridized carbons (Fsp3) is 0.667. The zero-order valence-electron chi connectivity index (χ0n) is 13.2. The summed E-state index contributed by atoms with van der Waals surface area (Å²) in [5.74, 6) is 0. The van der Waals surface area contributed by atoms with E-state index in [0.29, 0.717) is 6.10 Å². The van der Waals surface area contributed by atoms with Gasteiger partial charge in [0.2, 0.25) is 0 Å². The molecule has 1 aliphatic heterocycles. The third-order valence-corrected chi connectivity index (χ3v) is 5.33. The number of piperidine rings is 1. The van der Waals surface area contributed by atoms with Crippen LogP contribution in [0.1, 0.15) is 37.3 Å². The molecule has 1 aromatic carbocycles. The quantitative estimate of drug-likeness (QED) is 0.924. The molecule has 3 nitrogen and oxygen atoms in total. The lowest BCUT2D eigenvalue weighted by Gasteiger charge is -2.49. The Labute approximate surface area is 128 Å². The molecule has 0 saturated carbocycles. The van der Waals surface area contributed by atoms with Crippen LogP contribution in [0, 0.1) is 0 Å². The van der Waals surface area contributed by atoms with E-state index < -0.39 is 0 Å². The summed E-state index contributed by atoms with van der Waals surface area (Å²) in [6, 6.07) is 8.86. The van der Waals surface area contributed by atoms with Crippen LogP contribution in [0.2, 0.25) is 0 Å². The summed E-state index contributed by atoms with van der Waals surface area (Å²) in [6.07, 6.45) is 6.25. The van der Waals surface area contributed by atoms with Crippen molar-refractivity contribution in [3.8, 4) is 0 Å². The number of ether oxygens (including phenoxy) is 1. The number of likely N-dealkylation sites (tertiary alicyclic amines) is 1. The molecule has 21 heavy (non-hydrogen) atoms. The number of benzene rings is 1. The molecule has 3 rings (SSSR count). The number of rotatable bonds is 4. The van der Waals surface area contributed by atoms with Crippen LogP contribution < -0.4 is 5.73 Å². The van der Waals surface area contributed by atoms with Crippen LogP contribution in [0.25, 0.3) is 0 Å². The van der Waals surface area contributed by atoms with Gasteiger partial charge in [-0.1, -0.05) is 24.3 Å². The molecular weight excluding hydrogens is 260 g/mol. The molecule has 0 spiro atoms. The van der Waals surface area contributed by atoms with Crippen LogP contribution in [-0.2, 0) is 17.6 Å². The average molecular weight is 288 g/mol. The average Bonchev–Trinajstić information content (AvgIpc) is 2.55. The van der Waals surface area contributed by atoms with Crippen LogP contribution >= 0.6 is 0 Å². The molecule has 2 N–H and O–H groups in total. The summed E-state index contributed by atoms with van der Waals surface area (Å²) in [5.41, 5.74) is 9.41. The number of aryl methyl sites for hydroxylation is 1. The first kappa shape index (κ1) is 15.0. The lowest BCUT2D eigenvalue weighted by atomic mass is 9.76. The number of nitrogens with two attached hydrogens (primary N) is 1. The van der Waals surface area contributed by atoms with Gasteiger partial charge in [0, 0.05) is 25.2 Å². The minimum atomic E-state index is 0.143. The van der Waals surface area contributed by atoms with E-state index >= 15 is 0 Å². The van der Waals surface area contributed by atoms with Gasteiger partial charge in [-0.05, 0) is 56.7 Å². The fourth-order valence-corrected chi connectivity index (χ4v) is 4.10. The second kappa shape index (κ2) is 6.47. The molecule has 0 radical (unpaired) electrons. The molecule has 1 saturated heterocycles. The lowest BCUT2D eigenvalue weighted by Crippen LogP contribution is -2.60. The second-order valence-corrected chi connectivity index (χ2v) is 6.54. The minimum Gasteiger partial charge on any atom is -0.377 e.